The van der Waals surface area contributed by atoms with E-state index in [9.17, 15) is 0 Å². The Hall–Kier alpha value is -5.41. The SMILES string of the molecule is [B]c1c([B])c(N(c2ccc(-c3cccc4c3oc3ccccc34)cc2)c2cccc3ccccc23)c([B])c([B])c1-c1c([B])c([B])c([B])c2c([B])c([B])c([B])c([B])c12. The third kappa shape index (κ3) is 5.56. The molecule has 9 aromatic rings. The Bertz CT molecular complexity index is 3120. The summed E-state index contributed by atoms with van der Waals surface area (Å²) in [5.74, 6) is 0. The quantitative estimate of drug-likeness (QED) is 0.225. The van der Waals surface area contributed by atoms with Gasteiger partial charge in [0.25, 0.3) is 0 Å². The molecular formula is C44H18B11NO. The molecule has 9 rings (SSSR count). The molecule has 0 saturated heterocycles. The van der Waals surface area contributed by atoms with Gasteiger partial charge in [0.15, 0.2) is 0 Å². The highest BCUT2D eigenvalue weighted by molar-refractivity contribution is 6.73. The van der Waals surface area contributed by atoms with Crippen LogP contribution in [-0.2, 0) is 0 Å². The van der Waals surface area contributed by atoms with Crippen LogP contribution >= 0.6 is 0 Å². The van der Waals surface area contributed by atoms with E-state index in [0.29, 0.717) is 5.69 Å². The number of hydrogen-bond donors (Lipinski definition) is 0. The third-order valence-electron chi connectivity index (χ3n) is 11.0. The molecule has 8 aromatic carbocycles. The molecule has 1 heterocycles. The smallest absolute Gasteiger partial charge is 0.143 e. The van der Waals surface area contributed by atoms with Crippen molar-refractivity contribution >= 4 is 207 Å². The number of rotatable bonds is 5. The van der Waals surface area contributed by atoms with Crippen molar-refractivity contribution in [2.45, 2.75) is 0 Å². The van der Waals surface area contributed by atoms with E-state index in [-0.39, 0.29) is 82.0 Å². The predicted molar refractivity (Wildman–Crippen MR) is 254 cm³/mol. The van der Waals surface area contributed by atoms with Crippen LogP contribution in [0.2, 0.25) is 0 Å². The van der Waals surface area contributed by atoms with Gasteiger partial charge in [-0.25, -0.2) is 0 Å². The van der Waals surface area contributed by atoms with Crippen LogP contribution in [0.5, 0.6) is 0 Å². The molecular weight excluding hydrogens is 677 g/mol. The molecule has 0 bridgehead atoms. The molecule has 13 heteroatoms. The summed E-state index contributed by atoms with van der Waals surface area (Å²) in [6, 6.07) is 36.1. The van der Waals surface area contributed by atoms with Crippen molar-refractivity contribution in [2.24, 2.45) is 0 Å². The maximum Gasteiger partial charge on any atom is 0.143 e. The van der Waals surface area contributed by atoms with Crippen LogP contribution in [0.1, 0.15) is 0 Å². The summed E-state index contributed by atoms with van der Waals surface area (Å²) >= 11 is 0. The lowest BCUT2D eigenvalue weighted by Gasteiger charge is -2.34. The monoisotopic (exact) mass is 697 g/mol. The van der Waals surface area contributed by atoms with E-state index in [4.69, 9.17) is 90.7 Å². The Morgan fingerprint density at radius 3 is 1.60 bits per heavy atom. The minimum Gasteiger partial charge on any atom is -0.455 e. The van der Waals surface area contributed by atoms with Crippen molar-refractivity contribution in [3.8, 4) is 22.3 Å². The number of benzene rings is 8. The van der Waals surface area contributed by atoms with E-state index in [0.717, 1.165) is 55.2 Å². The summed E-state index contributed by atoms with van der Waals surface area (Å²) in [5, 5.41) is 4.50. The minimum atomic E-state index is 0.0172. The van der Waals surface area contributed by atoms with Gasteiger partial charge in [-0.05, 0) is 57.1 Å². The normalized spacial score (nSPS) is 11.6. The average Bonchev–Trinajstić information content (AvgIpc) is 3.62. The first kappa shape index (κ1) is 37.2. The average molecular weight is 696 g/mol. The summed E-state index contributed by atoms with van der Waals surface area (Å²) in [7, 11) is 73.5. The van der Waals surface area contributed by atoms with Crippen molar-refractivity contribution in [1.82, 2.24) is 0 Å². The lowest BCUT2D eigenvalue weighted by molar-refractivity contribution is 0.670. The standard InChI is InChI=1S/C44H18B11NO/c45-32-29(28-30(34(47)38(32)51)35(48)40(53)39(52)33(28)46)31-36(49)41(54)43(42(55)37(31)50)56(26-13-5-8-19-7-1-2-9-22(19)26)21-17-15-20(16-18-21)23-11-6-12-25-24-10-3-4-14-27(24)57-44(23)25/h1-18H. The molecule has 0 saturated carbocycles. The Labute approximate surface area is 346 Å². The molecule has 0 amide bonds. The van der Waals surface area contributed by atoms with Gasteiger partial charge in [-0.1, -0.05) is 129 Å². The van der Waals surface area contributed by atoms with Crippen molar-refractivity contribution in [2.75, 3.05) is 4.90 Å². The number of furan rings is 1. The van der Waals surface area contributed by atoms with Crippen molar-refractivity contribution in [3.05, 3.63) is 109 Å². The van der Waals surface area contributed by atoms with E-state index in [1.165, 1.54) is 0 Å². The number of hydrogen-bond acceptors (Lipinski definition) is 2. The van der Waals surface area contributed by atoms with Gasteiger partial charge < -0.3 is 9.32 Å². The van der Waals surface area contributed by atoms with Crippen molar-refractivity contribution < 1.29 is 4.42 Å². The fraction of sp³-hybridized carbons (Fsp3) is 0. The summed E-state index contributed by atoms with van der Waals surface area (Å²) in [6.07, 6.45) is 0. The van der Waals surface area contributed by atoms with Crippen LogP contribution in [0.3, 0.4) is 0 Å². The maximum atomic E-state index is 7.10. The molecule has 238 valence electrons. The molecule has 2 nitrogen and oxygen atoms in total. The van der Waals surface area contributed by atoms with Gasteiger partial charge >= 0.3 is 0 Å². The van der Waals surface area contributed by atoms with Gasteiger partial charge in [0.05, 0.1) is 5.69 Å². The molecule has 0 aliphatic heterocycles. The van der Waals surface area contributed by atoms with Crippen LogP contribution in [0.25, 0.3) is 65.7 Å². The van der Waals surface area contributed by atoms with Gasteiger partial charge in [0.2, 0.25) is 0 Å². The second-order valence-corrected chi connectivity index (χ2v) is 14.1. The van der Waals surface area contributed by atoms with Crippen LogP contribution in [0, 0.1) is 0 Å². The fourth-order valence-corrected chi connectivity index (χ4v) is 8.06. The van der Waals surface area contributed by atoms with E-state index in [2.05, 4.69) is 12.1 Å². The molecule has 0 fully saturated rings. The molecule has 22 radical (unpaired) electrons. The van der Waals surface area contributed by atoms with Crippen LogP contribution < -0.4 is 65.0 Å². The van der Waals surface area contributed by atoms with E-state index >= 15 is 0 Å². The number of anilines is 3. The van der Waals surface area contributed by atoms with Gasteiger partial charge in [0, 0.05) is 33.1 Å². The Balaban J connectivity index is 1.29. The van der Waals surface area contributed by atoms with E-state index in [1.807, 2.05) is 102 Å². The highest BCUT2D eigenvalue weighted by Crippen LogP contribution is 2.40. The summed E-state index contributed by atoms with van der Waals surface area (Å²) in [4.78, 5) is 1.94. The van der Waals surface area contributed by atoms with Gasteiger partial charge in [0.1, 0.15) is 97.5 Å². The minimum absolute atomic E-state index is 0.0172. The fourth-order valence-electron chi connectivity index (χ4n) is 8.06. The first-order valence-corrected chi connectivity index (χ1v) is 18.0. The molecule has 0 aliphatic rings. The van der Waals surface area contributed by atoms with Crippen LogP contribution in [0.15, 0.2) is 114 Å². The number of nitrogens with zero attached hydrogens (tertiary/aromatic N) is 1. The largest absolute Gasteiger partial charge is 0.455 e. The lowest BCUT2D eigenvalue weighted by Crippen LogP contribution is -2.53. The topological polar surface area (TPSA) is 16.4 Å². The summed E-state index contributed by atoms with van der Waals surface area (Å²) < 4.78 is 6.36. The summed E-state index contributed by atoms with van der Waals surface area (Å²) in [5.41, 5.74) is 6.38. The zero-order chi connectivity index (χ0) is 40.0. The second kappa shape index (κ2) is 13.9. The van der Waals surface area contributed by atoms with Crippen LogP contribution in [0.4, 0.5) is 17.1 Å². The maximum absolute atomic E-state index is 7.10. The Morgan fingerprint density at radius 1 is 0.386 bits per heavy atom. The number of para-hydroxylation sites is 2. The highest BCUT2D eigenvalue weighted by atomic mass is 16.3. The van der Waals surface area contributed by atoms with Crippen molar-refractivity contribution in [1.29, 1.82) is 0 Å². The molecule has 0 unspecified atom stereocenters. The zero-order valence-corrected chi connectivity index (χ0v) is 30.6. The molecule has 0 aliphatic carbocycles. The molecule has 0 N–H and O–H groups in total. The Kier molecular flexibility index (Phi) is 9.07. The first-order chi connectivity index (χ1) is 27.4. The van der Waals surface area contributed by atoms with E-state index < -0.39 is 0 Å². The molecule has 1 aromatic heterocycles. The predicted octanol–water partition coefficient (Wildman–Crippen LogP) is -0.572. The summed E-state index contributed by atoms with van der Waals surface area (Å²) in [6.45, 7) is 0. The van der Waals surface area contributed by atoms with Gasteiger partial charge in [-0.15, -0.1) is 16.4 Å². The first-order valence-electron chi connectivity index (χ1n) is 18.0. The van der Waals surface area contributed by atoms with E-state index in [1.54, 1.807) is 0 Å². The third-order valence-corrected chi connectivity index (χ3v) is 11.0. The zero-order valence-electron chi connectivity index (χ0n) is 30.6. The van der Waals surface area contributed by atoms with Crippen LogP contribution in [-0.4, -0.2) is 86.3 Å². The van der Waals surface area contributed by atoms with Crippen molar-refractivity contribution in [3.63, 3.8) is 0 Å². The lowest BCUT2D eigenvalue weighted by atomic mass is 9.56. The Morgan fingerprint density at radius 2 is 0.912 bits per heavy atom. The highest BCUT2D eigenvalue weighted by Gasteiger charge is 2.26. The van der Waals surface area contributed by atoms with Gasteiger partial charge in [-0.3, -0.25) is 0 Å². The van der Waals surface area contributed by atoms with Gasteiger partial charge in [-0.2, -0.15) is 0 Å². The molecule has 0 atom stereocenters. The second-order valence-electron chi connectivity index (χ2n) is 14.1. The molecule has 0 spiro atoms. The number of fused-ring (bicyclic) bond motifs is 5. The molecule has 57 heavy (non-hydrogen) atoms.